The Morgan fingerprint density at radius 2 is 1.86 bits per heavy atom. The second-order valence-electron chi connectivity index (χ2n) is 5.13. The van der Waals surface area contributed by atoms with E-state index in [1.165, 1.54) is 0 Å². The van der Waals surface area contributed by atoms with Crippen LogP contribution in [0, 0.1) is 0 Å². The van der Waals surface area contributed by atoms with Gasteiger partial charge in [-0.25, -0.2) is 5.43 Å². The van der Waals surface area contributed by atoms with Crippen LogP contribution in [0.5, 0.6) is 5.75 Å². The van der Waals surface area contributed by atoms with Crippen molar-refractivity contribution >= 4 is 11.7 Å². The van der Waals surface area contributed by atoms with Gasteiger partial charge in [-0.2, -0.15) is 5.10 Å². The van der Waals surface area contributed by atoms with Gasteiger partial charge in [0.2, 0.25) is 0 Å². The van der Waals surface area contributed by atoms with Crippen molar-refractivity contribution in [1.82, 2.24) is 10.3 Å². The van der Waals surface area contributed by atoms with E-state index in [2.05, 4.69) is 10.5 Å². The predicted octanol–water partition coefficient (Wildman–Crippen LogP) is 1.99. The number of amidine groups is 1. The summed E-state index contributed by atoms with van der Waals surface area (Å²) >= 11 is 0. The molecule has 1 heterocycles. The van der Waals surface area contributed by atoms with E-state index in [1.807, 2.05) is 66.5 Å². The summed E-state index contributed by atoms with van der Waals surface area (Å²) in [5, 5.41) is 4.09. The first-order valence-electron chi connectivity index (χ1n) is 7.07. The molecule has 112 valence electrons. The van der Waals surface area contributed by atoms with Gasteiger partial charge in [-0.15, -0.1) is 0 Å². The zero-order valence-electron chi connectivity index (χ0n) is 12.3. The monoisotopic (exact) mass is 295 g/mol. The fraction of sp³-hybridized carbons (Fsp3) is 0.176. The minimum atomic E-state index is -0.103. The van der Waals surface area contributed by atoms with Crippen LogP contribution < -0.4 is 10.2 Å². The first-order chi connectivity index (χ1) is 10.7. The minimum Gasteiger partial charge on any atom is -0.489 e. The number of hydrogen-bond acceptors (Lipinski definition) is 4. The third-order valence-corrected chi connectivity index (χ3v) is 3.39. The van der Waals surface area contributed by atoms with Gasteiger partial charge in [-0.1, -0.05) is 30.3 Å². The first kappa shape index (κ1) is 14.1. The summed E-state index contributed by atoms with van der Waals surface area (Å²) in [6, 6.07) is 17.7. The quantitative estimate of drug-likeness (QED) is 0.938. The molecule has 22 heavy (non-hydrogen) atoms. The lowest BCUT2D eigenvalue weighted by Gasteiger charge is -2.24. The highest BCUT2D eigenvalue weighted by atomic mass is 16.5. The average Bonchev–Trinajstić information content (AvgIpc) is 2.55. The van der Waals surface area contributed by atoms with Crippen LogP contribution in [-0.4, -0.2) is 30.2 Å². The van der Waals surface area contributed by atoms with Gasteiger partial charge < -0.3 is 9.64 Å². The van der Waals surface area contributed by atoms with Crippen molar-refractivity contribution in [3.8, 4) is 5.75 Å². The SMILES string of the molecule is CN1CC(=O)NN=C1c1ccc(OCc2ccccc2)cc1. The molecule has 0 spiro atoms. The molecule has 0 unspecified atom stereocenters. The zero-order chi connectivity index (χ0) is 15.4. The van der Waals surface area contributed by atoms with Crippen molar-refractivity contribution in [2.75, 3.05) is 13.6 Å². The van der Waals surface area contributed by atoms with Crippen LogP contribution in [0.3, 0.4) is 0 Å². The van der Waals surface area contributed by atoms with E-state index in [9.17, 15) is 4.79 Å². The molecule has 0 fully saturated rings. The number of rotatable bonds is 4. The lowest BCUT2D eigenvalue weighted by molar-refractivity contribution is -0.121. The first-order valence-corrected chi connectivity index (χ1v) is 7.07. The highest BCUT2D eigenvalue weighted by Crippen LogP contribution is 2.16. The van der Waals surface area contributed by atoms with Gasteiger partial charge in [-0.05, 0) is 29.8 Å². The number of benzene rings is 2. The number of hydrogen-bond donors (Lipinski definition) is 1. The second-order valence-corrected chi connectivity index (χ2v) is 5.13. The fourth-order valence-electron chi connectivity index (χ4n) is 2.25. The Hall–Kier alpha value is -2.82. The van der Waals surface area contributed by atoms with Gasteiger partial charge in [0, 0.05) is 12.6 Å². The van der Waals surface area contributed by atoms with Gasteiger partial charge in [0.15, 0.2) is 5.84 Å². The smallest absolute Gasteiger partial charge is 0.259 e. The molecule has 0 atom stereocenters. The molecule has 0 aromatic heterocycles. The van der Waals surface area contributed by atoms with Crippen LogP contribution >= 0.6 is 0 Å². The molecule has 1 N–H and O–H groups in total. The van der Waals surface area contributed by atoms with Crippen molar-refractivity contribution in [3.63, 3.8) is 0 Å². The molecule has 1 aliphatic heterocycles. The predicted molar refractivity (Wildman–Crippen MR) is 84.5 cm³/mol. The molecular weight excluding hydrogens is 278 g/mol. The van der Waals surface area contributed by atoms with Gasteiger partial charge in [0.25, 0.3) is 5.91 Å². The second kappa shape index (κ2) is 6.30. The number of carbonyl (C=O) groups excluding carboxylic acids is 1. The van der Waals surface area contributed by atoms with Crippen LogP contribution in [0.4, 0.5) is 0 Å². The molecule has 0 aliphatic carbocycles. The Labute approximate surface area is 129 Å². The number of likely N-dealkylation sites (N-methyl/N-ethyl adjacent to an activating group) is 1. The molecule has 1 aliphatic rings. The largest absolute Gasteiger partial charge is 0.489 e. The van der Waals surface area contributed by atoms with Gasteiger partial charge in [-0.3, -0.25) is 4.79 Å². The van der Waals surface area contributed by atoms with Gasteiger partial charge in [0.1, 0.15) is 12.4 Å². The average molecular weight is 295 g/mol. The molecule has 2 aromatic rings. The van der Waals surface area contributed by atoms with Crippen LogP contribution in [0.2, 0.25) is 0 Å². The third-order valence-electron chi connectivity index (χ3n) is 3.39. The maximum atomic E-state index is 11.2. The Balaban J connectivity index is 1.67. The molecule has 5 heteroatoms. The summed E-state index contributed by atoms with van der Waals surface area (Å²) < 4.78 is 5.76. The topological polar surface area (TPSA) is 53.9 Å². The maximum Gasteiger partial charge on any atom is 0.259 e. The molecular formula is C17H17N3O2. The molecule has 1 amide bonds. The fourth-order valence-corrected chi connectivity index (χ4v) is 2.25. The number of amides is 1. The van der Waals surface area contributed by atoms with Crippen LogP contribution in [0.1, 0.15) is 11.1 Å². The van der Waals surface area contributed by atoms with Crippen molar-refractivity contribution in [1.29, 1.82) is 0 Å². The number of nitrogens with one attached hydrogen (secondary N) is 1. The van der Waals surface area contributed by atoms with Crippen molar-refractivity contribution < 1.29 is 9.53 Å². The summed E-state index contributed by atoms with van der Waals surface area (Å²) in [6.45, 7) is 0.849. The van der Waals surface area contributed by atoms with Gasteiger partial charge in [0.05, 0.1) is 6.54 Å². The third kappa shape index (κ3) is 3.25. The summed E-state index contributed by atoms with van der Waals surface area (Å²) in [6.07, 6.45) is 0. The van der Waals surface area contributed by atoms with E-state index in [4.69, 9.17) is 4.74 Å². The van der Waals surface area contributed by atoms with Crippen LogP contribution in [-0.2, 0) is 11.4 Å². The number of hydrazone groups is 1. The Bertz CT molecular complexity index is 681. The molecule has 0 bridgehead atoms. The highest BCUT2D eigenvalue weighted by Gasteiger charge is 2.18. The van der Waals surface area contributed by atoms with E-state index in [1.54, 1.807) is 0 Å². The molecule has 3 rings (SSSR count). The summed E-state index contributed by atoms with van der Waals surface area (Å²) in [5.74, 6) is 1.44. The van der Waals surface area contributed by atoms with Crippen LogP contribution in [0.25, 0.3) is 0 Å². The van der Waals surface area contributed by atoms with Gasteiger partial charge >= 0.3 is 0 Å². The van der Waals surface area contributed by atoms with E-state index in [-0.39, 0.29) is 5.91 Å². The van der Waals surface area contributed by atoms with E-state index in [0.29, 0.717) is 13.2 Å². The van der Waals surface area contributed by atoms with E-state index >= 15 is 0 Å². The molecule has 2 aromatic carbocycles. The molecule has 5 nitrogen and oxygen atoms in total. The molecule has 0 saturated heterocycles. The van der Waals surface area contributed by atoms with E-state index in [0.717, 1.165) is 22.7 Å². The van der Waals surface area contributed by atoms with Crippen molar-refractivity contribution in [2.24, 2.45) is 5.10 Å². The van der Waals surface area contributed by atoms with Crippen LogP contribution in [0.15, 0.2) is 59.7 Å². The molecule has 0 saturated carbocycles. The van der Waals surface area contributed by atoms with E-state index < -0.39 is 0 Å². The lowest BCUT2D eigenvalue weighted by Crippen LogP contribution is -2.43. The summed E-state index contributed by atoms with van der Waals surface area (Å²) in [5.41, 5.74) is 4.57. The number of nitrogens with zero attached hydrogens (tertiary/aromatic N) is 2. The zero-order valence-corrected chi connectivity index (χ0v) is 12.3. The Morgan fingerprint density at radius 1 is 1.14 bits per heavy atom. The minimum absolute atomic E-state index is 0.103. The lowest BCUT2D eigenvalue weighted by atomic mass is 10.2. The maximum absolute atomic E-state index is 11.2. The number of ether oxygens (including phenoxy) is 1. The normalized spacial score (nSPS) is 14.3. The highest BCUT2D eigenvalue weighted by molar-refractivity contribution is 6.02. The summed E-state index contributed by atoms with van der Waals surface area (Å²) in [7, 11) is 1.84. The molecule has 0 radical (unpaired) electrons. The number of carbonyl (C=O) groups is 1. The Morgan fingerprint density at radius 3 is 2.55 bits per heavy atom. The summed E-state index contributed by atoms with van der Waals surface area (Å²) in [4.78, 5) is 13.1. The Kier molecular flexibility index (Phi) is 4.05. The van der Waals surface area contributed by atoms with Crippen molar-refractivity contribution in [3.05, 3.63) is 65.7 Å². The standard InChI is InChI=1S/C17H17N3O2/c1-20-11-16(21)18-19-17(20)14-7-9-15(10-8-14)22-12-13-5-3-2-4-6-13/h2-10H,11-12H2,1H3,(H,18,21). The van der Waals surface area contributed by atoms with Crippen molar-refractivity contribution in [2.45, 2.75) is 6.61 Å².